The number of hydrogen-bond acceptors (Lipinski definition) is 7. The molecule has 2 aromatic heterocycles. The molecule has 3 heterocycles. The lowest BCUT2D eigenvalue weighted by Crippen LogP contribution is -2.35. The first-order valence-corrected chi connectivity index (χ1v) is 9.24. The highest BCUT2D eigenvalue weighted by Crippen LogP contribution is 2.21. The van der Waals surface area contributed by atoms with Crippen molar-refractivity contribution in [3.05, 3.63) is 22.8 Å². The second-order valence-electron chi connectivity index (χ2n) is 6.08. The molecule has 3 rings (SSSR count). The Hall–Kier alpha value is -1.96. The van der Waals surface area contributed by atoms with Gasteiger partial charge in [-0.25, -0.2) is 4.98 Å². The molecule has 24 heavy (non-hydrogen) atoms. The summed E-state index contributed by atoms with van der Waals surface area (Å²) < 4.78 is 5.08. The van der Waals surface area contributed by atoms with E-state index in [1.807, 2.05) is 11.8 Å². The third-order valence-corrected chi connectivity index (χ3v) is 5.10. The van der Waals surface area contributed by atoms with Gasteiger partial charge < -0.3 is 14.3 Å². The molecule has 0 aromatic carbocycles. The van der Waals surface area contributed by atoms with E-state index in [-0.39, 0.29) is 5.91 Å². The normalized spacial score (nSPS) is 15.6. The summed E-state index contributed by atoms with van der Waals surface area (Å²) in [6.07, 6.45) is 2.91. The standard InChI is InChI=1S/C16H23N5O2S/c1-12-11-24-16(17-12)21-8-4-7-20(9-10-21)15(22)6-3-5-14-18-13(2)19-23-14/h11H,3-10H2,1-2H3. The van der Waals surface area contributed by atoms with Crippen LogP contribution in [0, 0.1) is 13.8 Å². The van der Waals surface area contributed by atoms with Gasteiger partial charge in [0.15, 0.2) is 11.0 Å². The average Bonchev–Trinajstić information content (AvgIpc) is 3.08. The maximum Gasteiger partial charge on any atom is 0.226 e. The van der Waals surface area contributed by atoms with E-state index in [0.29, 0.717) is 24.6 Å². The summed E-state index contributed by atoms with van der Waals surface area (Å²) in [4.78, 5) is 25.4. The Labute approximate surface area is 145 Å². The lowest BCUT2D eigenvalue weighted by molar-refractivity contribution is -0.131. The molecule has 0 radical (unpaired) electrons. The largest absolute Gasteiger partial charge is 0.346 e. The Balaban J connectivity index is 1.45. The molecular weight excluding hydrogens is 326 g/mol. The molecule has 0 aliphatic carbocycles. The number of rotatable bonds is 5. The smallest absolute Gasteiger partial charge is 0.226 e. The number of carbonyl (C=O) groups excluding carboxylic acids is 1. The summed E-state index contributed by atoms with van der Waals surface area (Å²) in [5.41, 5.74) is 1.06. The van der Waals surface area contributed by atoms with E-state index in [9.17, 15) is 4.79 Å². The zero-order valence-corrected chi connectivity index (χ0v) is 15.0. The summed E-state index contributed by atoms with van der Waals surface area (Å²) >= 11 is 1.68. The lowest BCUT2D eigenvalue weighted by atomic mass is 10.2. The van der Waals surface area contributed by atoms with Crippen molar-refractivity contribution in [3.63, 3.8) is 0 Å². The average molecular weight is 349 g/mol. The Kier molecular flexibility index (Phi) is 5.44. The Morgan fingerprint density at radius 3 is 2.83 bits per heavy atom. The minimum Gasteiger partial charge on any atom is -0.346 e. The van der Waals surface area contributed by atoms with Crippen LogP contribution in [-0.2, 0) is 11.2 Å². The molecule has 1 amide bonds. The van der Waals surface area contributed by atoms with E-state index < -0.39 is 0 Å². The van der Waals surface area contributed by atoms with Gasteiger partial charge >= 0.3 is 0 Å². The monoisotopic (exact) mass is 349 g/mol. The van der Waals surface area contributed by atoms with Crippen molar-refractivity contribution in [1.29, 1.82) is 0 Å². The van der Waals surface area contributed by atoms with Crippen LogP contribution in [0.4, 0.5) is 5.13 Å². The first-order chi connectivity index (χ1) is 11.6. The van der Waals surface area contributed by atoms with Gasteiger partial charge in [0.25, 0.3) is 0 Å². The maximum atomic E-state index is 12.4. The highest BCUT2D eigenvalue weighted by molar-refractivity contribution is 7.13. The highest BCUT2D eigenvalue weighted by Gasteiger charge is 2.20. The van der Waals surface area contributed by atoms with Crippen molar-refractivity contribution >= 4 is 22.4 Å². The van der Waals surface area contributed by atoms with Crippen molar-refractivity contribution in [2.24, 2.45) is 0 Å². The zero-order chi connectivity index (χ0) is 16.9. The van der Waals surface area contributed by atoms with E-state index in [2.05, 4.69) is 25.4 Å². The van der Waals surface area contributed by atoms with Crippen molar-refractivity contribution in [2.75, 3.05) is 31.1 Å². The quantitative estimate of drug-likeness (QED) is 0.824. The number of thiazole rings is 1. The van der Waals surface area contributed by atoms with Crippen LogP contribution < -0.4 is 4.90 Å². The Bertz CT molecular complexity index is 684. The van der Waals surface area contributed by atoms with Gasteiger partial charge in [0.1, 0.15) is 0 Å². The molecule has 1 aliphatic heterocycles. The van der Waals surface area contributed by atoms with Crippen LogP contribution in [-0.4, -0.2) is 52.1 Å². The highest BCUT2D eigenvalue weighted by atomic mass is 32.1. The number of aromatic nitrogens is 3. The van der Waals surface area contributed by atoms with Crippen LogP contribution in [0.1, 0.15) is 36.7 Å². The molecule has 0 atom stereocenters. The van der Waals surface area contributed by atoms with Crippen molar-refractivity contribution in [3.8, 4) is 0 Å². The van der Waals surface area contributed by atoms with Crippen LogP contribution in [0.2, 0.25) is 0 Å². The van der Waals surface area contributed by atoms with Gasteiger partial charge in [0.2, 0.25) is 11.8 Å². The molecule has 2 aromatic rings. The number of hydrogen-bond donors (Lipinski definition) is 0. The summed E-state index contributed by atoms with van der Waals surface area (Å²) in [5, 5.41) is 6.90. The summed E-state index contributed by atoms with van der Waals surface area (Å²) in [6.45, 7) is 7.19. The van der Waals surface area contributed by atoms with Crippen LogP contribution in [0.25, 0.3) is 0 Å². The predicted octanol–water partition coefficient (Wildman–Crippen LogP) is 2.20. The van der Waals surface area contributed by atoms with Crippen molar-refractivity contribution in [1.82, 2.24) is 20.0 Å². The molecule has 0 spiro atoms. The van der Waals surface area contributed by atoms with Crippen LogP contribution in [0.15, 0.2) is 9.90 Å². The zero-order valence-electron chi connectivity index (χ0n) is 14.2. The second-order valence-corrected chi connectivity index (χ2v) is 6.92. The second kappa shape index (κ2) is 7.74. The maximum absolute atomic E-state index is 12.4. The topological polar surface area (TPSA) is 75.4 Å². The third kappa shape index (κ3) is 4.31. The number of carbonyl (C=O) groups is 1. The van der Waals surface area contributed by atoms with E-state index in [1.54, 1.807) is 18.3 Å². The van der Waals surface area contributed by atoms with Crippen molar-refractivity contribution < 1.29 is 9.32 Å². The minimum atomic E-state index is 0.211. The summed E-state index contributed by atoms with van der Waals surface area (Å²) in [5.74, 6) is 1.46. The molecule has 1 fully saturated rings. The van der Waals surface area contributed by atoms with E-state index in [0.717, 1.165) is 49.8 Å². The fourth-order valence-electron chi connectivity index (χ4n) is 2.84. The molecule has 7 nitrogen and oxygen atoms in total. The SMILES string of the molecule is Cc1csc(N2CCCN(C(=O)CCCc3nc(C)no3)CC2)n1. The van der Waals surface area contributed by atoms with Gasteiger partial charge in [-0.15, -0.1) is 11.3 Å². The molecule has 1 saturated heterocycles. The fraction of sp³-hybridized carbons (Fsp3) is 0.625. The number of amides is 1. The summed E-state index contributed by atoms with van der Waals surface area (Å²) in [6, 6.07) is 0. The molecule has 130 valence electrons. The minimum absolute atomic E-state index is 0.211. The molecule has 0 N–H and O–H groups in total. The first-order valence-electron chi connectivity index (χ1n) is 8.36. The number of anilines is 1. The third-order valence-electron chi connectivity index (χ3n) is 4.08. The molecule has 8 heteroatoms. The van der Waals surface area contributed by atoms with E-state index in [4.69, 9.17) is 4.52 Å². The Morgan fingerprint density at radius 1 is 1.25 bits per heavy atom. The number of nitrogens with zero attached hydrogens (tertiary/aromatic N) is 5. The van der Waals surface area contributed by atoms with E-state index in [1.165, 1.54) is 0 Å². The van der Waals surface area contributed by atoms with Gasteiger partial charge in [0, 0.05) is 44.4 Å². The molecular formula is C16H23N5O2S. The van der Waals surface area contributed by atoms with Crippen LogP contribution in [0.3, 0.4) is 0 Å². The molecule has 0 bridgehead atoms. The van der Waals surface area contributed by atoms with Gasteiger partial charge in [-0.05, 0) is 26.7 Å². The fourth-order valence-corrected chi connectivity index (χ4v) is 3.69. The van der Waals surface area contributed by atoms with E-state index >= 15 is 0 Å². The first kappa shape index (κ1) is 16.9. The molecule has 0 saturated carbocycles. The van der Waals surface area contributed by atoms with Crippen molar-refractivity contribution in [2.45, 2.75) is 39.5 Å². The predicted molar refractivity (Wildman–Crippen MR) is 92.2 cm³/mol. The number of aryl methyl sites for hydroxylation is 3. The van der Waals surface area contributed by atoms with Gasteiger partial charge in [-0.1, -0.05) is 5.16 Å². The van der Waals surface area contributed by atoms with Crippen LogP contribution >= 0.6 is 11.3 Å². The molecule has 0 unspecified atom stereocenters. The lowest BCUT2D eigenvalue weighted by Gasteiger charge is -2.21. The van der Waals surface area contributed by atoms with Gasteiger partial charge in [0.05, 0.1) is 5.69 Å². The Morgan fingerprint density at radius 2 is 2.12 bits per heavy atom. The van der Waals surface area contributed by atoms with Gasteiger partial charge in [-0.2, -0.15) is 4.98 Å². The summed E-state index contributed by atoms with van der Waals surface area (Å²) in [7, 11) is 0. The van der Waals surface area contributed by atoms with Crippen LogP contribution in [0.5, 0.6) is 0 Å². The molecule has 1 aliphatic rings. The van der Waals surface area contributed by atoms with Gasteiger partial charge in [-0.3, -0.25) is 4.79 Å².